The zero-order valence-electron chi connectivity index (χ0n) is 9.93. The van der Waals surface area contributed by atoms with Gasteiger partial charge < -0.3 is 5.32 Å². The maximum Gasteiger partial charge on any atom is 0.224 e. The number of amides is 1. The Hall–Kier alpha value is -1.88. The van der Waals surface area contributed by atoms with Gasteiger partial charge in [-0.2, -0.15) is 5.10 Å². The summed E-state index contributed by atoms with van der Waals surface area (Å²) in [6, 6.07) is 3.66. The Morgan fingerprint density at radius 3 is 3.06 bits per heavy atom. The summed E-state index contributed by atoms with van der Waals surface area (Å²) in [7, 11) is 0. The molecular weight excluding hydrogens is 252 g/mol. The SMILES string of the molecule is CCCC(=O)Nc1cn(-c2cccnc2)nc1Cl. The van der Waals surface area contributed by atoms with Crippen molar-refractivity contribution in [1.82, 2.24) is 14.8 Å². The summed E-state index contributed by atoms with van der Waals surface area (Å²) >= 11 is 5.97. The minimum absolute atomic E-state index is 0.0647. The van der Waals surface area contributed by atoms with Crippen LogP contribution in [0.4, 0.5) is 5.69 Å². The fourth-order valence-electron chi connectivity index (χ4n) is 1.50. The molecule has 0 aromatic carbocycles. The number of hydrogen-bond donors (Lipinski definition) is 1. The van der Waals surface area contributed by atoms with Crippen LogP contribution in [-0.2, 0) is 4.79 Å². The van der Waals surface area contributed by atoms with Gasteiger partial charge >= 0.3 is 0 Å². The number of pyridine rings is 1. The monoisotopic (exact) mass is 264 g/mol. The van der Waals surface area contributed by atoms with Crippen molar-refractivity contribution in [2.24, 2.45) is 0 Å². The smallest absolute Gasteiger partial charge is 0.224 e. The van der Waals surface area contributed by atoms with Crippen LogP contribution in [0.1, 0.15) is 19.8 Å². The topological polar surface area (TPSA) is 59.8 Å². The number of hydrogen-bond acceptors (Lipinski definition) is 3. The molecule has 2 rings (SSSR count). The molecule has 0 bridgehead atoms. The molecule has 0 saturated heterocycles. The first-order valence-electron chi connectivity index (χ1n) is 5.66. The zero-order chi connectivity index (χ0) is 13.0. The average molecular weight is 265 g/mol. The molecule has 5 nitrogen and oxygen atoms in total. The quantitative estimate of drug-likeness (QED) is 0.924. The maximum atomic E-state index is 11.5. The summed E-state index contributed by atoms with van der Waals surface area (Å²) in [6.45, 7) is 1.94. The molecule has 0 saturated carbocycles. The highest BCUT2D eigenvalue weighted by atomic mass is 35.5. The normalized spacial score (nSPS) is 10.3. The van der Waals surface area contributed by atoms with E-state index in [-0.39, 0.29) is 11.1 Å². The van der Waals surface area contributed by atoms with Crippen LogP contribution in [0, 0.1) is 0 Å². The Morgan fingerprint density at radius 1 is 1.56 bits per heavy atom. The molecule has 0 spiro atoms. The molecular formula is C12H13ClN4O. The number of anilines is 1. The molecule has 0 aliphatic rings. The third-order valence-electron chi connectivity index (χ3n) is 2.33. The minimum atomic E-state index is -0.0647. The number of halogens is 1. The van der Waals surface area contributed by atoms with Crippen LogP contribution >= 0.6 is 11.6 Å². The first-order chi connectivity index (χ1) is 8.70. The summed E-state index contributed by atoms with van der Waals surface area (Å²) in [5.74, 6) is -0.0647. The second-order valence-electron chi connectivity index (χ2n) is 3.79. The number of aromatic nitrogens is 3. The van der Waals surface area contributed by atoms with Crippen molar-refractivity contribution in [2.75, 3.05) is 5.32 Å². The van der Waals surface area contributed by atoms with E-state index >= 15 is 0 Å². The molecule has 2 aromatic heterocycles. The second kappa shape index (κ2) is 5.64. The van der Waals surface area contributed by atoms with Crippen molar-refractivity contribution in [3.05, 3.63) is 35.9 Å². The summed E-state index contributed by atoms with van der Waals surface area (Å²) in [5.41, 5.74) is 1.30. The van der Waals surface area contributed by atoms with E-state index in [0.29, 0.717) is 12.1 Å². The second-order valence-corrected chi connectivity index (χ2v) is 4.15. The predicted molar refractivity (Wildman–Crippen MR) is 69.9 cm³/mol. The van der Waals surface area contributed by atoms with Crippen molar-refractivity contribution in [3.8, 4) is 5.69 Å². The van der Waals surface area contributed by atoms with E-state index < -0.39 is 0 Å². The molecule has 6 heteroatoms. The lowest BCUT2D eigenvalue weighted by Gasteiger charge is -2.00. The van der Waals surface area contributed by atoms with Gasteiger partial charge in [-0.25, -0.2) is 4.68 Å². The van der Waals surface area contributed by atoms with Crippen LogP contribution < -0.4 is 5.32 Å². The fraction of sp³-hybridized carbons (Fsp3) is 0.250. The first-order valence-corrected chi connectivity index (χ1v) is 6.04. The van der Waals surface area contributed by atoms with Crippen LogP contribution in [0.25, 0.3) is 5.69 Å². The van der Waals surface area contributed by atoms with Gasteiger partial charge in [-0.05, 0) is 18.6 Å². The molecule has 2 aromatic rings. The standard InChI is InChI=1S/C12H13ClN4O/c1-2-4-11(18)15-10-8-17(16-12(10)13)9-5-3-6-14-7-9/h3,5-8H,2,4H2,1H3,(H,15,18). The molecule has 94 valence electrons. The van der Waals surface area contributed by atoms with Crippen LogP contribution in [0.15, 0.2) is 30.7 Å². The lowest BCUT2D eigenvalue weighted by Crippen LogP contribution is -2.10. The Bertz CT molecular complexity index is 538. The maximum absolute atomic E-state index is 11.5. The van der Waals surface area contributed by atoms with E-state index in [2.05, 4.69) is 15.4 Å². The molecule has 1 N–H and O–H groups in total. The molecule has 0 unspecified atom stereocenters. The number of nitrogens with one attached hydrogen (secondary N) is 1. The average Bonchev–Trinajstić information content (AvgIpc) is 2.72. The molecule has 18 heavy (non-hydrogen) atoms. The lowest BCUT2D eigenvalue weighted by atomic mass is 10.3. The van der Waals surface area contributed by atoms with Crippen molar-refractivity contribution in [1.29, 1.82) is 0 Å². The minimum Gasteiger partial charge on any atom is -0.322 e. The molecule has 2 heterocycles. The Labute approximate surface area is 110 Å². The first kappa shape index (κ1) is 12.6. The van der Waals surface area contributed by atoms with Gasteiger partial charge in [0.15, 0.2) is 5.15 Å². The van der Waals surface area contributed by atoms with E-state index in [1.54, 1.807) is 29.3 Å². The van der Waals surface area contributed by atoms with Gasteiger partial charge in [0.05, 0.1) is 23.8 Å². The van der Waals surface area contributed by atoms with Gasteiger partial charge in [-0.1, -0.05) is 18.5 Å². The van der Waals surface area contributed by atoms with Crippen LogP contribution in [0.3, 0.4) is 0 Å². The van der Waals surface area contributed by atoms with Gasteiger partial charge in [-0.15, -0.1) is 0 Å². The van der Waals surface area contributed by atoms with Crippen molar-refractivity contribution < 1.29 is 4.79 Å². The highest BCUT2D eigenvalue weighted by Gasteiger charge is 2.10. The predicted octanol–water partition coefficient (Wildman–Crippen LogP) is 2.66. The number of carbonyl (C=O) groups is 1. The van der Waals surface area contributed by atoms with E-state index in [4.69, 9.17) is 11.6 Å². The van der Waals surface area contributed by atoms with Crippen LogP contribution in [0.5, 0.6) is 0 Å². The third kappa shape index (κ3) is 2.87. The Kier molecular flexibility index (Phi) is 3.94. The largest absolute Gasteiger partial charge is 0.322 e. The highest BCUT2D eigenvalue weighted by Crippen LogP contribution is 2.21. The van der Waals surface area contributed by atoms with Gasteiger partial charge in [0.2, 0.25) is 5.91 Å². The number of carbonyl (C=O) groups excluding carboxylic acids is 1. The van der Waals surface area contributed by atoms with E-state index in [9.17, 15) is 4.79 Å². The lowest BCUT2D eigenvalue weighted by molar-refractivity contribution is -0.116. The fourth-order valence-corrected chi connectivity index (χ4v) is 1.68. The van der Waals surface area contributed by atoms with Gasteiger partial charge in [-0.3, -0.25) is 9.78 Å². The van der Waals surface area contributed by atoms with Crippen molar-refractivity contribution in [2.45, 2.75) is 19.8 Å². The van der Waals surface area contributed by atoms with E-state index in [1.165, 1.54) is 0 Å². The van der Waals surface area contributed by atoms with Gasteiger partial charge in [0, 0.05) is 12.6 Å². The molecule has 0 fully saturated rings. The number of nitrogens with zero attached hydrogens (tertiary/aromatic N) is 3. The Balaban J connectivity index is 2.20. The third-order valence-corrected chi connectivity index (χ3v) is 2.61. The summed E-state index contributed by atoms with van der Waals surface area (Å²) in [5, 5.41) is 7.12. The van der Waals surface area contributed by atoms with Crippen molar-refractivity contribution in [3.63, 3.8) is 0 Å². The van der Waals surface area contributed by atoms with E-state index in [1.807, 2.05) is 13.0 Å². The summed E-state index contributed by atoms with van der Waals surface area (Å²) in [6.07, 6.45) is 6.28. The van der Waals surface area contributed by atoms with Gasteiger partial charge in [0.1, 0.15) is 0 Å². The zero-order valence-corrected chi connectivity index (χ0v) is 10.7. The summed E-state index contributed by atoms with van der Waals surface area (Å²) in [4.78, 5) is 15.5. The van der Waals surface area contributed by atoms with Gasteiger partial charge in [0.25, 0.3) is 0 Å². The number of rotatable bonds is 4. The Morgan fingerprint density at radius 2 is 2.39 bits per heavy atom. The van der Waals surface area contributed by atoms with E-state index in [0.717, 1.165) is 12.1 Å². The molecule has 0 atom stereocenters. The summed E-state index contributed by atoms with van der Waals surface area (Å²) < 4.78 is 1.58. The van der Waals surface area contributed by atoms with Crippen LogP contribution in [-0.4, -0.2) is 20.7 Å². The molecule has 0 aliphatic heterocycles. The molecule has 0 radical (unpaired) electrons. The molecule has 0 aliphatic carbocycles. The van der Waals surface area contributed by atoms with Crippen molar-refractivity contribution >= 4 is 23.2 Å². The van der Waals surface area contributed by atoms with Crippen LogP contribution in [0.2, 0.25) is 5.15 Å². The molecule has 1 amide bonds. The highest BCUT2D eigenvalue weighted by molar-refractivity contribution is 6.32.